The van der Waals surface area contributed by atoms with Crippen LogP contribution in [0.2, 0.25) is 25.7 Å². The molecule has 176 valence electrons. The van der Waals surface area contributed by atoms with Crippen molar-refractivity contribution >= 4 is 8.07 Å². The van der Waals surface area contributed by atoms with Gasteiger partial charge in [0.15, 0.2) is 6.73 Å². The number of tetrazole rings is 1. The summed E-state index contributed by atoms with van der Waals surface area (Å²) in [5.41, 5.74) is 3.27. The first kappa shape index (κ1) is 23.6. The molecule has 0 spiro atoms. The predicted molar refractivity (Wildman–Crippen MR) is 133 cm³/mol. The van der Waals surface area contributed by atoms with Crippen molar-refractivity contribution in [3.05, 3.63) is 72.6 Å². The zero-order chi connectivity index (χ0) is 24.0. The monoisotopic (exact) mass is 475 g/mol. The van der Waals surface area contributed by atoms with Crippen LogP contribution in [-0.2, 0) is 18.1 Å². The molecule has 0 fully saturated rings. The molecule has 9 heteroatoms. The normalized spacial score (nSPS) is 11.5. The summed E-state index contributed by atoms with van der Waals surface area (Å²) < 4.78 is 11.8. The van der Waals surface area contributed by atoms with E-state index in [1.165, 1.54) is 4.80 Å². The van der Waals surface area contributed by atoms with Gasteiger partial charge in [-0.1, -0.05) is 50.0 Å². The Morgan fingerprint density at radius 3 is 2.56 bits per heavy atom. The van der Waals surface area contributed by atoms with Crippen molar-refractivity contribution in [1.82, 2.24) is 25.2 Å². The van der Waals surface area contributed by atoms with Crippen LogP contribution in [0.5, 0.6) is 11.5 Å². The molecule has 0 saturated carbocycles. The zero-order valence-electron chi connectivity index (χ0n) is 19.7. The van der Waals surface area contributed by atoms with Gasteiger partial charge in [0, 0.05) is 43.8 Å². The molecule has 0 radical (unpaired) electrons. The summed E-state index contributed by atoms with van der Waals surface area (Å²) >= 11 is 0. The van der Waals surface area contributed by atoms with Crippen LogP contribution >= 0.6 is 0 Å². The summed E-state index contributed by atoms with van der Waals surface area (Å²) in [6.07, 6.45) is 3.40. The molecular weight excluding hydrogens is 446 g/mol. The summed E-state index contributed by atoms with van der Waals surface area (Å²) in [4.78, 5) is 5.80. The Balaban J connectivity index is 1.50. The van der Waals surface area contributed by atoms with Crippen LogP contribution in [0.25, 0.3) is 22.5 Å². The fourth-order valence-electron chi connectivity index (χ4n) is 3.25. The predicted octanol–water partition coefficient (Wildman–Crippen LogP) is 5.00. The van der Waals surface area contributed by atoms with Gasteiger partial charge < -0.3 is 14.6 Å². The van der Waals surface area contributed by atoms with E-state index in [0.29, 0.717) is 30.4 Å². The molecule has 0 bridgehead atoms. The van der Waals surface area contributed by atoms with Gasteiger partial charge >= 0.3 is 0 Å². The highest BCUT2D eigenvalue weighted by atomic mass is 28.3. The van der Waals surface area contributed by atoms with E-state index in [1.807, 2.05) is 36.4 Å². The fourth-order valence-corrected chi connectivity index (χ4v) is 4.01. The minimum Gasteiger partial charge on any atom is -0.508 e. The van der Waals surface area contributed by atoms with Crippen LogP contribution in [0.15, 0.2) is 67.0 Å². The third-order valence-corrected chi connectivity index (χ3v) is 6.87. The van der Waals surface area contributed by atoms with E-state index in [2.05, 4.69) is 40.0 Å². The van der Waals surface area contributed by atoms with E-state index in [4.69, 9.17) is 9.47 Å². The van der Waals surface area contributed by atoms with Crippen molar-refractivity contribution in [3.63, 3.8) is 0 Å². The molecule has 34 heavy (non-hydrogen) atoms. The second kappa shape index (κ2) is 10.6. The van der Waals surface area contributed by atoms with Gasteiger partial charge in [-0.15, -0.1) is 15.0 Å². The Kier molecular flexibility index (Phi) is 7.34. The quantitative estimate of drug-likeness (QED) is 0.255. The van der Waals surface area contributed by atoms with Crippen molar-refractivity contribution in [1.29, 1.82) is 0 Å². The lowest BCUT2D eigenvalue weighted by atomic mass is 10.0. The summed E-state index contributed by atoms with van der Waals surface area (Å²) in [7, 11) is -1.14. The fraction of sp³-hybridized carbons (Fsp3) is 0.280. The van der Waals surface area contributed by atoms with E-state index < -0.39 is 8.07 Å². The highest BCUT2D eigenvalue weighted by Crippen LogP contribution is 2.34. The molecule has 0 aliphatic heterocycles. The lowest BCUT2D eigenvalue weighted by Gasteiger charge is -2.14. The number of phenols is 1. The first-order valence-electron chi connectivity index (χ1n) is 11.2. The minimum atomic E-state index is -1.14. The smallest absolute Gasteiger partial charge is 0.206 e. The number of aromatic hydroxyl groups is 1. The topological polar surface area (TPSA) is 95.2 Å². The van der Waals surface area contributed by atoms with Crippen molar-refractivity contribution in [2.45, 2.75) is 39.0 Å². The highest BCUT2D eigenvalue weighted by molar-refractivity contribution is 6.76. The number of ether oxygens (including phenoxy) is 2. The molecule has 0 unspecified atom stereocenters. The van der Waals surface area contributed by atoms with E-state index >= 15 is 0 Å². The molecule has 8 nitrogen and oxygen atoms in total. The Labute approximate surface area is 200 Å². The maximum atomic E-state index is 10.1. The van der Waals surface area contributed by atoms with Crippen molar-refractivity contribution in [2.75, 3.05) is 6.61 Å². The molecule has 0 amide bonds. The van der Waals surface area contributed by atoms with Crippen LogP contribution in [0.3, 0.4) is 0 Å². The number of aromatic nitrogens is 5. The Hall–Kier alpha value is -3.56. The Bertz CT molecular complexity index is 1220. The average molecular weight is 476 g/mol. The molecular formula is C25H29N5O3Si. The lowest BCUT2D eigenvalue weighted by molar-refractivity contribution is 0.0674. The van der Waals surface area contributed by atoms with Gasteiger partial charge in [-0.3, -0.25) is 4.98 Å². The maximum absolute atomic E-state index is 10.1. The van der Waals surface area contributed by atoms with Crippen molar-refractivity contribution < 1.29 is 14.6 Å². The molecule has 0 aliphatic carbocycles. The number of nitrogens with zero attached hydrogens (tertiary/aromatic N) is 5. The van der Waals surface area contributed by atoms with E-state index in [-0.39, 0.29) is 12.5 Å². The van der Waals surface area contributed by atoms with E-state index in [0.717, 1.165) is 22.7 Å². The number of hydrogen-bond donors (Lipinski definition) is 1. The van der Waals surface area contributed by atoms with Crippen LogP contribution in [0.4, 0.5) is 0 Å². The highest BCUT2D eigenvalue weighted by Gasteiger charge is 2.14. The molecule has 1 N–H and O–H groups in total. The van der Waals surface area contributed by atoms with Crippen LogP contribution in [-0.4, -0.2) is 45.0 Å². The van der Waals surface area contributed by atoms with Gasteiger partial charge in [-0.2, -0.15) is 0 Å². The van der Waals surface area contributed by atoms with Crippen molar-refractivity contribution in [3.8, 4) is 34.0 Å². The SMILES string of the molecule is C[Si](C)(C)CCOCn1nnc(-c2cncc(-c3cc(O)ccc3OCc3ccccc3)c2)n1. The molecule has 4 rings (SSSR count). The standard InChI is InChI=1S/C25H29N5O3Si/c1-34(2,3)12-11-32-18-30-28-25(27-29-30)21-13-20(15-26-16-21)23-14-22(31)9-10-24(23)33-17-19-7-5-4-6-8-19/h4-10,13-16,31H,11-12,17-18H2,1-3H3. The number of benzene rings is 2. The molecule has 0 atom stereocenters. The van der Waals surface area contributed by atoms with Crippen molar-refractivity contribution in [2.24, 2.45) is 0 Å². The first-order valence-corrected chi connectivity index (χ1v) is 14.9. The van der Waals surface area contributed by atoms with Gasteiger partial charge in [0.2, 0.25) is 5.82 Å². The average Bonchev–Trinajstić information content (AvgIpc) is 3.30. The summed E-state index contributed by atoms with van der Waals surface area (Å²) in [6, 6.07) is 17.9. The van der Waals surface area contributed by atoms with Gasteiger partial charge in [-0.25, -0.2) is 0 Å². The summed E-state index contributed by atoms with van der Waals surface area (Å²) in [5.74, 6) is 1.25. The van der Waals surface area contributed by atoms with Crippen LogP contribution in [0, 0.1) is 0 Å². The second-order valence-corrected chi connectivity index (χ2v) is 14.9. The number of phenolic OH excluding ortho intramolecular Hbond substituents is 1. The number of hydrogen-bond acceptors (Lipinski definition) is 7. The molecule has 0 aliphatic rings. The largest absolute Gasteiger partial charge is 0.508 e. The summed E-state index contributed by atoms with van der Waals surface area (Å²) in [5, 5.41) is 22.8. The molecule has 2 heterocycles. The van der Waals surface area contributed by atoms with Gasteiger partial charge in [0.05, 0.1) is 0 Å². The van der Waals surface area contributed by atoms with E-state index in [1.54, 1.807) is 30.6 Å². The summed E-state index contributed by atoms with van der Waals surface area (Å²) in [6.45, 7) is 8.30. The Morgan fingerprint density at radius 2 is 1.76 bits per heavy atom. The molecule has 4 aromatic rings. The Morgan fingerprint density at radius 1 is 0.971 bits per heavy atom. The molecule has 2 aromatic heterocycles. The van der Waals surface area contributed by atoms with Gasteiger partial charge in [-0.05, 0) is 41.1 Å². The van der Waals surface area contributed by atoms with Crippen LogP contribution < -0.4 is 4.74 Å². The number of rotatable bonds is 10. The third-order valence-electron chi connectivity index (χ3n) is 5.16. The second-order valence-electron chi connectivity index (χ2n) is 9.25. The zero-order valence-corrected chi connectivity index (χ0v) is 20.7. The number of pyridine rings is 1. The minimum absolute atomic E-state index is 0.145. The first-order chi connectivity index (χ1) is 16.4. The van der Waals surface area contributed by atoms with Gasteiger partial charge in [0.25, 0.3) is 0 Å². The lowest BCUT2D eigenvalue weighted by Crippen LogP contribution is -2.22. The molecule has 0 saturated heterocycles. The molecule has 2 aromatic carbocycles. The third kappa shape index (κ3) is 6.49. The van der Waals surface area contributed by atoms with E-state index in [9.17, 15) is 5.11 Å². The van der Waals surface area contributed by atoms with Gasteiger partial charge in [0.1, 0.15) is 18.1 Å². The van der Waals surface area contributed by atoms with Crippen LogP contribution in [0.1, 0.15) is 5.56 Å². The maximum Gasteiger partial charge on any atom is 0.206 e.